The van der Waals surface area contributed by atoms with E-state index in [2.05, 4.69) is 0 Å². The number of hydrogen-bond acceptors (Lipinski definition) is 1. The molecule has 0 aliphatic carbocycles. The Labute approximate surface area is 104 Å². The van der Waals surface area contributed by atoms with Crippen LogP contribution in [0.1, 0.15) is 15.9 Å². The van der Waals surface area contributed by atoms with Gasteiger partial charge in [-0.3, -0.25) is 4.79 Å². The summed E-state index contributed by atoms with van der Waals surface area (Å²) < 4.78 is 36.3. The van der Waals surface area contributed by atoms with E-state index in [4.69, 9.17) is 0 Å². The maximum Gasteiger partial charge on any atom is 0.405 e. The molecule has 0 heterocycles. The number of amides is 1. The van der Waals surface area contributed by atoms with Crippen LogP contribution in [-0.2, 0) is 0 Å². The largest absolute Gasteiger partial charge is 0.405 e. The lowest BCUT2D eigenvalue weighted by atomic mass is 10.1. The van der Waals surface area contributed by atoms with Crippen LogP contribution in [0.25, 0.3) is 0 Å². The molecular formula is C10H9F3INO. The van der Waals surface area contributed by atoms with E-state index >= 15 is 0 Å². The number of benzene rings is 1. The van der Waals surface area contributed by atoms with Gasteiger partial charge in [-0.25, -0.2) is 0 Å². The van der Waals surface area contributed by atoms with E-state index in [9.17, 15) is 18.0 Å². The molecule has 88 valence electrons. The molecule has 1 aromatic carbocycles. The predicted molar refractivity (Wildman–Crippen MR) is 62.3 cm³/mol. The van der Waals surface area contributed by atoms with E-state index in [1.54, 1.807) is 25.1 Å². The van der Waals surface area contributed by atoms with Crippen molar-refractivity contribution >= 4 is 28.5 Å². The van der Waals surface area contributed by atoms with Gasteiger partial charge in [-0.05, 0) is 41.6 Å². The zero-order valence-electron chi connectivity index (χ0n) is 8.36. The minimum atomic E-state index is -4.38. The Balaban J connectivity index is 2.77. The zero-order valence-corrected chi connectivity index (χ0v) is 10.5. The Morgan fingerprint density at radius 2 is 2.06 bits per heavy atom. The molecule has 0 bridgehead atoms. The number of halogens is 4. The summed E-state index contributed by atoms with van der Waals surface area (Å²) in [5.74, 6) is -0.703. The van der Waals surface area contributed by atoms with Crippen LogP contribution in [0.5, 0.6) is 0 Å². The molecular weight excluding hydrogens is 334 g/mol. The monoisotopic (exact) mass is 343 g/mol. The predicted octanol–water partition coefficient (Wildman–Crippen LogP) is 2.89. The second kappa shape index (κ2) is 5.03. The van der Waals surface area contributed by atoms with Crippen LogP contribution in [0.4, 0.5) is 13.2 Å². The SMILES string of the molecule is Cc1ccc(I)c(C(=O)NCC(F)(F)F)c1. The van der Waals surface area contributed by atoms with Gasteiger partial charge in [0.25, 0.3) is 5.91 Å². The molecule has 0 fully saturated rings. The van der Waals surface area contributed by atoms with Crippen molar-refractivity contribution < 1.29 is 18.0 Å². The molecule has 0 unspecified atom stereocenters. The number of alkyl halides is 3. The van der Waals surface area contributed by atoms with E-state index < -0.39 is 18.6 Å². The summed E-state index contributed by atoms with van der Waals surface area (Å²) >= 11 is 1.91. The maximum atomic E-state index is 11.9. The van der Waals surface area contributed by atoms with E-state index in [1.807, 2.05) is 27.9 Å². The van der Waals surface area contributed by atoms with Crippen molar-refractivity contribution in [3.63, 3.8) is 0 Å². The first-order chi connectivity index (χ1) is 7.29. The molecule has 0 saturated heterocycles. The van der Waals surface area contributed by atoms with Gasteiger partial charge < -0.3 is 5.32 Å². The van der Waals surface area contributed by atoms with E-state index in [1.165, 1.54) is 0 Å². The van der Waals surface area contributed by atoms with Crippen LogP contribution in [0.15, 0.2) is 18.2 Å². The topological polar surface area (TPSA) is 29.1 Å². The molecule has 16 heavy (non-hydrogen) atoms. The third-order valence-corrected chi connectivity index (χ3v) is 2.76. The van der Waals surface area contributed by atoms with Crippen LogP contribution >= 0.6 is 22.6 Å². The van der Waals surface area contributed by atoms with Gasteiger partial charge in [0.1, 0.15) is 6.54 Å². The quantitative estimate of drug-likeness (QED) is 0.822. The third kappa shape index (κ3) is 3.99. The van der Waals surface area contributed by atoms with Crippen LogP contribution in [0, 0.1) is 10.5 Å². The molecule has 1 amide bonds. The average Bonchev–Trinajstić information content (AvgIpc) is 2.17. The van der Waals surface area contributed by atoms with Crippen LogP contribution in [0.3, 0.4) is 0 Å². The second-order valence-corrected chi connectivity index (χ2v) is 4.44. The zero-order chi connectivity index (χ0) is 12.3. The lowest BCUT2D eigenvalue weighted by molar-refractivity contribution is -0.123. The Kier molecular flexibility index (Phi) is 4.17. The fourth-order valence-electron chi connectivity index (χ4n) is 1.09. The molecule has 2 nitrogen and oxygen atoms in total. The minimum absolute atomic E-state index is 0.268. The van der Waals surface area contributed by atoms with Crippen molar-refractivity contribution in [2.45, 2.75) is 13.1 Å². The molecule has 0 radical (unpaired) electrons. The summed E-state index contributed by atoms with van der Waals surface area (Å²) in [5, 5.41) is 1.84. The molecule has 1 N–H and O–H groups in total. The molecule has 0 atom stereocenters. The first-order valence-corrected chi connectivity index (χ1v) is 5.48. The highest BCUT2D eigenvalue weighted by Crippen LogP contribution is 2.16. The summed E-state index contributed by atoms with van der Waals surface area (Å²) in [4.78, 5) is 11.4. The Hall–Kier alpha value is -0.790. The molecule has 1 aromatic rings. The Morgan fingerprint density at radius 3 is 2.62 bits per heavy atom. The standard InChI is InChI=1S/C10H9F3INO/c1-6-2-3-8(14)7(4-6)9(16)15-5-10(11,12)13/h2-4H,5H2,1H3,(H,15,16). The van der Waals surface area contributed by atoms with E-state index in [0.29, 0.717) is 3.57 Å². The van der Waals surface area contributed by atoms with Crippen molar-refractivity contribution in [3.05, 3.63) is 32.9 Å². The molecule has 0 aromatic heterocycles. The molecule has 0 spiro atoms. The fourth-order valence-corrected chi connectivity index (χ4v) is 1.67. The van der Waals surface area contributed by atoms with Gasteiger partial charge in [0.05, 0.1) is 5.56 Å². The van der Waals surface area contributed by atoms with Gasteiger partial charge in [0.15, 0.2) is 0 Å². The van der Waals surface area contributed by atoms with Crippen molar-refractivity contribution in [1.82, 2.24) is 5.32 Å². The first-order valence-electron chi connectivity index (χ1n) is 4.41. The number of hydrogen-bond donors (Lipinski definition) is 1. The smallest absolute Gasteiger partial charge is 0.343 e. The highest BCUT2D eigenvalue weighted by Gasteiger charge is 2.28. The van der Waals surface area contributed by atoms with Crippen molar-refractivity contribution in [2.75, 3.05) is 6.54 Å². The summed E-state index contributed by atoms with van der Waals surface area (Å²) in [6.45, 7) is 0.465. The maximum absolute atomic E-state index is 11.9. The molecule has 0 saturated carbocycles. The van der Waals surface area contributed by atoms with Gasteiger partial charge >= 0.3 is 6.18 Å². The number of rotatable bonds is 2. The van der Waals surface area contributed by atoms with Gasteiger partial charge in [-0.15, -0.1) is 0 Å². The molecule has 1 rings (SSSR count). The summed E-state index contributed by atoms with van der Waals surface area (Å²) in [5.41, 5.74) is 1.10. The number of nitrogens with one attached hydrogen (secondary N) is 1. The summed E-state index contributed by atoms with van der Waals surface area (Å²) in [7, 11) is 0. The highest BCUT2D eigenvalue weighted by molar-refractivity contribution is 14.1. The summed E-state index contributed by atoms with van der Waals surface area (Å²) in [6.07, 6.45) is -4.38. The third-order valence-electron chi connectivity index (χ3n) is 1.82. The van der Waals surface area contributed by atoms with Crippen molar-refractivity contribution in [2.24, 2.45) is 0 Å². The van der Waals surface area contributed by atoms with Crippen molar-refractivity contribution in [1.29, 1.82) is 0 Å². The van der Waals surface area contributed by atoms with Crippen LogP contribution in [-0.4, -0.2) is 18.6 Å². The molecule has 6 heteroatoms. The number of aryl methyl sites for hydroxylation is 1. The lowest BCUT2D eigenvalue weighted by Crippen LogP contribution is -2.34. The highest BCUT2D eigenvalue weighted by atomic mass is 127. The van der Waals surface area contributed by atoms with Crippen LogP contribution < -0.4 is 5.32 Å². The van der Waals surface area contributed by atoms with E-state index in [0.717, 1.165) is 5.56 Å². The molecule has 0 aliphatic rings. The Morgan fingerprint density at radius 1 is 1.44 bits per heavy atom. The summed E-state index contributed by atoms with van der Waals surface area (Å²) in [6, 6.07) is 5.05. The number of carbonyl (C=O) groups excluding carboxylic acids is 1. The normalized spacial score (nSPS) is 11.3. The van der Waals surface area contributed by atoms with Gasteiger partial charge in [0.2, 0.25) is 0 Å². The van der Waals surface area contributed by atoms with Crippen molar-refractivity contribution in [3.8, 4) is 0 Å². The van der Waals surface area contributed by atoms with Crippen LogP contribution in [0.2, 0.25) is 0 Å². The Bertz CT molecular complexity index is 404. The minimum Gasteiger partial charge on any atom is -0.343 e. The van der Waals surface area contributed by atoms with Gasteiger partial charge in [-0.2, -0.15) is 13.2 Å². The average molecular weight is 343 g/mol. The van der Waals surface area contributed by atoms with Gasteiger partial charge in [-0.1, -0.05) is 11.6 Å². The van der Waals surface area contributed by atoms with E-state index in [-0.39, 0.29) is 5.56 Å². The van der Waals surface area contributed by atoms with Gasteiger partial charge in [0, 0.05) is 3.57 Å². The number of carbonyl (C=O) groups is 1. The second-order valence-electron chi connectivity index (χ2n) is 3.28. The molecule has 0 aliphatic heterocycles. The fraction of sp³-hybridized carbons (Fsp3) is 0.300. The lowest BCUT2D eigenvalue weighted by Gasteiger charge is -2.09. The first kappa shape index (κ1) is 13.3.